The lowest BCUT2D eigenvalue weighted by molar-refractivity contribution is 0.152. The Morgan fingerprint density at radius 3 is 2.07 bits per heavy atom. The van der Waals surface area contributed by atoms with Gasteiger partial charge in [0.05, 0.1) is 6.61 Å². The average molecular weight is 256 g/mol. The van der Waals surface area contributed by atoms with E-state index in [-0.39, 0.29) is 0 Å². The molecule has 0 aromatic carbocycles. The normalized spacial score (nSPS) is 11.4. The van der Waals surface area contributed by atoms with Gasteiger partial charge in [0, 0.05) is 21.3 Å². The molecule has 4 nitrogen and oxygen atoms in total. The number of hydrogen-bond acceptors (Lipinski definition) is 6. The maximum Gasteiger partial charge on any atom is 0.581 e. The van der Waals surface area contributed by atoms with E-state index in [0.717, 1.165) is 6.42 Å². The molecular formula is C7H16O4S2Si. The number of hydrogen-bond donors (Lipinski definition) is 0. The van der Waals surface area contributed by atoms with Crippen LogP contribution in [0.25, 0.3) is 0 Å². The molecule has 0 unspecified atom stereocenters. The van der Waals surface area contributed by atoms with E-state index in [1.807, 2.05) is 6.92 Å². The third-order valence-electron chi connectivity index (χ3n) is 1.38. The fraction of sp³-hybridized carbons (Fsp3) is 0.857. The third kappa shape index (κ3) is 4.72. The van der Waals surface area contributed by atoms with E-state index in [4.69, 9.17) is 30.2 Å². The minimum absolute atomic E-state index is 0.407. The molecule has 0 aromatic heterocycles. The van der Waals surface area contributed by atoms with E-state index in [1.165, 1.54) is 32.5 Å². The molecule has 84 valence electrons. The molecule has 0 aromatic rings. The van der Waals surface area contributed by atoms with Gasteiger partial charge in [0.15, 0.2) is 0 Å². The Bertz CT molecular complexity index is 167. The van der Waals surface area contributed by atoms with Crippen LogP contribution in [-0.2, 0) is 18.0 Å². The van der Waals surface area contributed by atoms with Gasteiger partial charge >= 0.3 is 7.95 Å². The third-order valence-corrected chi connectivity index (χ3v) is 7.03. The molecule has 14 heavy (non-hydrogen) atoms. The topological polar surface area (TPSA) is 36.9 Å². The van der Waals surface area contributed by atoms with E-state index in [1.54, 1.807) is 0 Å². The SMILES string of the molecule is CCCOC(=S)S[Si](OC)(OC)OC. The molecule has 0 aliphatic heterocycles. The summed E-state index contributed by atoms with van der Waals surface area (Å²) in [5.74, 6) is 0. The zero-order valence-corrected chi connectivity index (χ0v) is 11.5. The van der Waals surface area contributed by atoms with Crippen molar-refractivity contribution >= 4 is 35.8 Å². The second kappa shape index (κ2) is 7.61. The summed E-state index contributed by atoms with van der Waals surface area (Å²) in [6.07, 6.45) is 0.919. The predicted octanol–water partition coefficient (Wildman–Crippen LogP) is 1.81. The quantitative estimate of drug-likeness (QED) is 0.533. The zero-order chi connectivity index (χ0) is 11.0. The summed E-state index contributed by atoms with van der Waals surface area (Å²) < 4.78 is 21.2. The van der Waals surface area contributed by atoms with E-state index in [9.17, 15) is 0 Å². The fourth-order valence-electron chi connectivity index (χ4n) is 0.692. The Morgan fingerprint density at radius 2 is 1.71 bits per heavy atom. The van der Waals surface area contributed by atoms with Crippen LogP contribution >= 0.6 is 23.4 Å². The molecule has 0 saturated carbocycles. The molecule has 0 saturated heterocycles. The van der Waals surface area contributed by atoms with Crippen molar-refractivity contribution in [2.24, 2.45) is 0 Å². The van der Waals surface area contributed by atoms with Crippen molar-refractivity contribution in [3.05, 3.63) is 0 Å². The van der Waals surface area contributed by atoms with Crippen LogP contribution in [0.1, 0.15) is 13.3 Å². The maximum absolute atomic E-state index is 5.24. The van der Waals surface area contributed by atoms with Crippen molar-refractivity contribution in [1.82, 2.24) is 0 Å². The highest BCUT2D eigenvalue weighted by atomic mass is 32.4. The summed E-state index contributed by atoms with van der Waals surface area (Å²) in [6, 6.07) is 0. The van der Waals surface area contributed by atoms with Gasteiger partial charge in [0.1, 0.15) is 0 Å². The van der Waals surface area contributed by atoms with E-state index >= 15 is 0 Å². The molecule has 0 amide bonds. The van der Waals surface area contributed by atoms with E-state index in [2.05, 4.69) is 0 Å². The Hall–Kier alpha value is 0.337. The molecule has 0 heterocycles. The van der Waals surface area contributed by atoms with Gasteiger partial charge in [-0.2, -0.15) is 0 Å². The zero-order valence-electron chi connectivity index (χ0n) is 8.86. The van der Waals surface area contributed by atoms with Crippen molar-refractivity contribution in [1.29, 1.82) is 0 Å². The predicted molar refractivity (Wildman–Crippen MR) is 63.2 cm³/mol. The number of rotatable bonds is 6. The van der Waals surface area contributed by atoms with Gasteiger partial charge in [-0.1, -0.05) is 6.92 Å². The Morgan fingerprint density at radius 1 is 1.21 bits per heavy atom. The molecule has 0 radical (unpaired) electrons. The summed E-state index contributed by atoms with van der Waals surface area (Å²) in [5, 5.41) is 0. The van der Waals surface area contributed by atoms with Crippen LogP contribution in [0.15, 0.2) is 0 Å². The maximum atomic E-state index is 5.24. The van der Waals surface area contributed by atoms with Crippen LogP contribution in [0.5, 0.6) is 0 Å². The van der Waals surface area contributed by atoms with Gasteiger partial charge in [-0.05, 0) is 29.8 Å². The molecular weight excluding hydrogens is 240 g/mol. The highest BCUT2D eigenvalue weighted by Gasteiger charge is 2.42. The highest BCUT2D eigenvalue weighted by Crippen LogP contribution is 2.24. The molecule has 7 heteroatoms. The molecule has 0 atom stereocenters. The van der Waals surface area contributed by atoms with Gasteiger partial charge in [-0.15, -0.1) is 0 Å². The number of thiocarbonyl (C=S) groups is 1. The molecule has 0 aliphatic rings. The molecule has 0 fully saturated rings. The van der Waals surface area contributed by atoms with Crippen LogP contribution < -0.4 is 0 Å². The van der Waals surface area contributed by atoms with Crippen molar-refractivity contribution in [2.75, 3.05) is 27.9 Å². The average Bonchev–Trinajstić information content (AvgIpc) is 2.23. The Labute approximate surface area is 95.3 Å². The smallest absolute Gasteiger partial charge is 0.479 e. The lowest BCUT2D eigenvalue weighted by Crippen LogP contribution is -2.40. The first kappa shape index (κ1) is 14.3. The fourth-order valence-corrected chi connectivity index (χ4v) is 4.33. The van der Waals surface area contributed by atoms with Gasteiger partial charge in [0.2, 0.25) is 4.38 Å². The largest absolute Gasteiger partial charge is 0.581 e. The molecule has 0 N–H and O–H groups in total. The minimum Gasteiger partial charge on any atom is -0.479 e. The molecule has 0 rings (SSSR count). The Kier molecular flexibility index (Phi) is 7.79. The lowest BCUT2D eigenvalue weighted by Gasteiger charge is -2.22. The van der Waals surface area contributed by atoms with Gasteiger partial charge in [-0.25, -0.2) is 0 Å². The van der Waals surface area contributed by atoms with E-state index in [0.29, 0.717) is 11.0 Å². The first-order valence-corrected chi connectivity index (χ1v) is 7.82. The van der Waals surface area contributed by atoms with Crippen LogP contribution in [0.3, 0.4) is 0 Å². The molecule has 0 spiro atoms. The van der Waals surface area contributed by atoms with E-state index < -0.39 is 7.95 Å². The summed E-state index contributed by atoms with van der Waals surface area (Å²) in [7, 11) is 1.93. The van der Waals surface area contributed by atoms with Crippen molar-refractivity contribution in [2.45, 2.75) is 13.3 Å². The standard InChI is InChI=1S/C7H16O4S2Si/c1-5-6-11-7(12)13-14(8-2,9-3)10-4/h5-6H2,1-4H3. The number of ether oxygens (including phenoxy) is 1. The van der Waals surface area contributed by atoms with Crippen LogP contribution in [0.4, 0.5) is 0 Å². The summed E-state index contributed by atoms with van der Waals surface area (Å²) in [6.45, 7) is 2.62. The summed E-state index contributed by atoms with van der Waals surface area (Å²) in [4.78, 5) is 0. The van der Waals surface area contributed by atoms with Crippen LogP contribution in [-0.4, -0.2) is 40.3 Å². The van der Waals surface area contributed by atoms with Crippen molar-refractivity contribution < 1.29 is 18.0 Å². The highest BCUT2D eigenvalue weighted by molar-refractivity contribution is 8.42. The summed E-state index contributed by atoms with van der Waals surface area (Å²) >= 11 is 6.22. The van der Waals surface area contributed by atoms with Crippen LogP contribution in [0, 0.1) is 0 Å². The summed E-state index contributed by atoms with van der Waals surface area (Å²) in [5.41, 5.74) is 0. The lowest BCUT2D eigenvalue weighted by atomic mass is 10.5. The first-order valence-electron chi connectivity index (χ1n) is 4.15. The van der Waals surface area contributed by atoms with Gasteiger partial charge < -0.3 is 18.0 Å². The molecule has 0 aliphatic carbocycles. The molecule has 0 bridgehead atoms. The van der Waals surface area contributed by atoms with Crippen molar-refractivity contribution in [3.8, 4) is 0 Å². The van der Waals surface area contributed by atoms with Crippen LogP contribution in [0.2, 0.25) is 0 Å². The monoisotopic (exact) mass is 256 g/mol. The minimum atomic E-state index is -2.68. The Balaban J connectivity index is 4.08. The van der Waals surface area contributed by atoms with Gasteiger partial charge in [0.25, 0.3) is 0 Å². The second-order valence-electron chi connectivity index (χ2n) is 2.31. The first-order chi connectivity index (χ1) is 6.64. The van der Waals surface area contributed by atoms with Gasteiger partial charge in [-0.3, -0.25) is 0 Å². The van der Waals surface area contributed by atoms with Crippen molar-refractivity contribution in [3.63, 3.8) is 0 Å². The second-order valence-corrected chi connectivity index (χ2v) is 7.85.